The number of sulfonamides is 1. The lowest BCUT2D eigenvalue weighted by Crippen LogP contribution is -2.36. The fourth-order valence-electron chi connectivity index (χ4n) is 3.38. The topological polar surface area (TPSA) is 93.2 Å². The second-order valence-electron chi connectivity index (χ2n) is 8.09. The number of amides is 1. The summed E-state index contributed by atoms with van der Waals surface area (Å²) >= 11 is 0. The molecule has 0 unspecified atom stereocenters. The number of anilines is 1. The molecule has 2 aromatic carbocycles. The van der Waals surface area contributed by atoms with E-state index in [0.29, 0.717) is 23.5 Å². The second kappa shape index (κ2) is 11.2. The number of methoxy groups -OCH3 is 2. The van der Waals surface area contributed by atoms with Gasteiger partial charge in [0, 0.05) is 25.7 Å². The first-order valence-electron chi connectivity index (χ1n) is 10.6. The average Bonchev–Trinajstić information content (AvgIpc) is 2.80. The summed E-state index contributed by atoms with van der Waals surface area (Å²) in [6.45, 7) is 6.29. The maximum absolute atomic E-state index is 13.4. The van der Waals surface area contributed by atoms with Crippen molar-refractivity contribution in [1.29, 1.82) is 0 Å². The number of esters is 1. The van der Waals surface area contributed by atoms with Crippen LogP contribution in [0.15, 0.2) is 47.4 Å². The minimum Gasteiger partial charge on any atom is -0.495 e. The summed E-state index contributed by atoms with van der Waals surface area (Å²) in [6, 6.07) is 11.3. The lowest BCUT2D eigenvalue weighted by molar-refractivity contribution is -0.140. The number of carbonyl (C=O) groups is 2. The zero-order valence-electron chi connectivity index (χ0n) is 20.0. The zero-order chi connectivity index (χ0) is 24.8. The van der Waals surface area contributed by atoms with Gasteiger partial charge in [-0.05, 0) is 42.7 Å². The lowest BCUT2D eigenvalue weighted by Gasteiger charge is -2.26. The Morgan fingerprint density at radius 1 is 1.06 bits per heavy atom. The molecule has 0 atom stereocenters. The van der Waals surface area contributed by atoms with Gasteiger partial charge < -0.3 is 14.4 Å². The summed E-state index contributed by atoms with van der Waals surface area (Å²) in [6.07, 6.45) is 0.0581. The number of benzene rings is 2. The number of carbonyl (C=O) groups excluding carboxylic acids is 2. The molecule has 0 saturated heterocycles. The van der Waals surface area contributed by atoms with Gasteiger partial charge in [-0.25, -0.2) is 8.42 Å². The Kier molecular flexibility index (Phi) is 8.87. The van der Waals surface area contributed by atoms with Crippen LogP contribution < -0.4 is 9.04 Å². The predicted molar refractivity (Wildman–Crippen MR) is 127 cm³/mol. The lowest BCUT2D eigenvalue weighted by atomic mass is 10.1. The zero-order valence-corrected chi connectivity index (χ0v) is 20.8. The number of hydrogen-bond acceptors (Lipinski definition) is 6. The van der Waals surface area contributed by atoms with Crippen molar-refractivity contribution in [1.82, 2.24) is 4.90 Å². The Morgan fingerprint density at radius 2 is 1.73 bits per heavy atom. The van der Waals surface area contributed by atoms with Gasteiger partial charge in [-0.15, -0.1) is 0 Å². The summed E-state index contributed by atoms with van der Waals surface area (Å²) in [5.41, 5.74) is 1.30. The maximum Gasteiger partial charge on any atom is 0.307 e. The number of hydrogen-bond donors (Lipinski definition) is 0. The van der Waals surface area contributed by atoms with E-state index in [1.165, 1.54) is 33.4 Å². The largest absolute Gasteiger partial charge is 0.495 e. The number of rotatable bonds is 10. The molecule has 8 nitrogen and oxygen atoms in total. The molecule has 0 fully saturated rings. The van der Waals surface area contributed by atoms with Crippen molar-refractivity contribution in [3.63, 3.8) is 0 Å². The molecule has 1 amide bonds. The molecule has 33 heavy (non-hydrogen) atoms. The predicted octanol–water partition coefficient (Wildman–Crippen LogP) is 3.49. The van der Waals surface area contributed by atoms with Crippen molar-refractivity contribution >= 4 is 27.6 Å². The minimum atomic E-state index is -3.97. The van der Waals surface area contributed by atoms with E-state index < -0.39 is 16.0 Å². The molecule has 0 bridgehead atoms. The van der Waals surface area contributed by atoms with Gasteiger partial charge in [0.05, 0.1) is 31.2 Å². The second-order valence-corrected chi connectivity index (χ2v) is 10.1. The summed E-state index contributed by atoms with van der Waals surface area (Å²) in [4.78, 5) is 26.5. The highest BCUT2D eigenvalue weighted by Gasteiger charge is 2.27. The molecule has 9 heteroatoms. The van der Waals surface area contributed by atoms with Crippen LogP contribution in [0.4, 0.5) is 5.69 Å². The Labute approximate surface area is 196 Å². The van der Waals surface area contributed by atoms with Gasteiger partial charge in [0.25, 0.3) is 15.9 Å². The molecule has 0 spiro atoms. The van der Waals surface area contributed by atoms with Gasteiger partial charge in [0.1, 0.15) is 5.75 Å². The van der Waals surface area contributed by atoms with Crippen LogP contribution in [0, 0.1) is 12.8 Å². The van der Waals surface area contributed by atoms with Crippen LogP contribution in [-0.4, -0.2) is 59.6 Å². The molecule has 0 N–H and O–H groups in total. The van der Waals surface area contributed by atoms with Crippen molar-refractivity contribution in [3.05, 3.63) is 53.6 Å². The van der Waals surface area contributed by atoms with Gasteiger partial charge in [-0.2, -0.15) is 0 Å². The molecular formula is C24H32N2O6S. The quantitative estimate of drug-likeness (QED) is 0.488. The van der Waals surface area contributed by atoms with Gasteiger partial charge >= 0.3 is 5.97 Å². The molecule has 2 aromatic rings. The highest BCUT2D eigenvalue weighted by Crippen LogP contribution is 2.31. The summed E-state index contributed by atoms with van der Waals surface area (Å²) in [5.74, 6) is -0.168. The third-order valence-electron chi connectivity index (χ3n) is 5.21. The minimum absolute atomic E-state index is 0.0117. The van der Waals surface area contributed by atoms with Crippen LogP contribution in [0.25, 0.3) is 0 Å². The molecule has 0 aliphatic heterocycles. The highest BCUT2D eigenvalue weighted by molar-refractivity contribution is 7.92. The van der Waals surface area contributed by atoms with E-state index in [4.69, 9.17) is 9.47 Å². The Bertz CT molecular complexity index is 1100. The van der Waals surface area contributed by atoms with Crippen molar-refractivity contribution in [2.24, 2.45) is 5.92 Å². The van der Waals surface area contributed by atoms with Gasteiger partial charge in [0.2, 0.25) is 0 Å². The van der Waals surface area contributed by atoms with Gasteiger partial charge in [-0.1, -0.05) is 32.0 Å². The van der Waals surface area contributed by atoms with Crippen molar-refractivity contribution < 1.29 is 27.5 Å². The normalized spacial score (nSPS) is 11.2. The van der Waals surface area contributed by atoms with Gasteiger partial charge in [-0.3, -0.25) is 13.9 Å². The first-order valence-corrected chi connectivity index (χ1v) is 12.1. The summed E-state index contributed by atoms with van der Waals surface area (Å²) in [7, 11) is 0.244. The van der Waals surface area contributed by atoms with Crippen LogP contribution in [0.2, 0.25) is 0 Å². The molecule has 0 heterocycles. The number of nitrogens with zero attached hydrogens (tertiary/aromatic N) is 2. The van der Waals surface area contributed by atoms with Gasteiger partial charge in [0.15, 0.2) is 0 Å². The van der Waals surface area contributed by atoms with Crippen LogP contribution in [0.3, 0.4) is 0 Å². The van der Waals surface area contributed by atoms with Crippen molar-refractivity contribution in [2.75, 3.05) is 38.7 Å². The number of ether oxygens (including phenoxy) is 2. The smallest absolute Gasteiger partial charge is 0.307 e. The molecule has 0 aromatic heterocycles. The van der Waals surface area contributed by atoms with E-state index in [1.54, 1.807) is 42.2 Å². The first-order chi connectivity index (χ1) is 15.5. The fourth-order valence-corrected chi connectivity index (χ4v) is 4.62. The van der Waals surface area contributed by atoms with Crippen LogP contribution in [0.5, 0.6) is 5.75 Å². The third-order valence-corrected chi connectivity index (χ3v) is 6.98. The van der Waals surface area contributed by atoms with Crippen LogP contribution >= 0.6 is 0 Å². The number of aryl methyl sites for hydroxylation is 1. The van der Waals surface area contributed by atoms with Crippen molar-refractivity contribution in [3.8, 4) is 5.75 Å². The standard InChI is InChI=1S/C24H32N2O6S/c1-17(2)16-26(14-13-23(27)32-6)24(28)20-15-19(12-11-18(20)3)33(29,30)25(4)21-9-7-8-10-22(21)31-5/h7-12,15,17H,13-14,16H2,1-6H3. The van der Waals surface area contributed by atoms with Crippen molar-refractivity contribution in [2.45, 2.75) is 32.1 Å². The molecule has 180 valence electrons. The number of para-hydroxylation sites is 2. The van der Waals surface area contributed by atoms with E-state index in [1.807, 2.05) is 13.8 Å². The Hall–Kier alpha value is -3.07. The summed E-state index contributed by atoms with van der Waals surface area (Å²) < 4.78 is 37.9. The summed E-state index contributed by atoms with van der Waals surface area (Å²) in [5, 5.41) is 0. The van der Waals surface area contributed by atoms with Crippen LogP contribution in [0.1, 0.15) is 36.2 Å². The van der Waals surface area contributed by atoms with E-state index in [2.05, 4.69) is 0 Å². The Balaban J connectivity index is 2.44. The highest BCUT2D eigenvalue weighted by atomic mass is 32.2. The molecule has 2 rings (SSSR count). The molecule has 0 saturated carbocycles. The third kappa shape index (κ3) is 6.25. The first kappa shape index (κ1) is 26.2. The Morgan fingerprint density at radius 3 is 2.33 bits per heavy atom. The van der Waals surface area contributed by atoms with E-state index in [-0.39, 0.29) is 35.2 Å². The molecule has 0 radical (unpaired) electrons. The SMILES string of the molecule is COC(=O)CCN(CC(C)C)C(=O)c1cc(S(=O)(=O)N(C)c2ccccc2OC)ccc1C. The van der Waals surface area contributed by atoms with E-state index in [0.717, 1.165) is 4.31 Å². The van der Waals surface area contributed by atoms with E-state index in [9.17, 15) is 18.0 Å². The fraction of sp³-hybridized carbons (Fsp3) is 0.417. The molecular weight excluding hydrogens is 444 g/mol. The molecule has 0 aliphatic carbocycles. The average molecular weight is 477 g/mol. The van der Waals surface area contributed by atoms with E-state index >= 15 is 0 Å². The maximum atomic E-state index is 13.4. The van der Waals surface area contributed by atoms with Crippen LogP contribution in [-0.2, 0) is 19.6 Å². The molecule has 0 aliphatic rings. The monoisotopic (exact) mass is 476 g/mol.